The van der Waals surface area contributed by atoms with Gasteiger partial charge in [-0.15, -0.1) is 0 Å². The second-order valence-corrected chi connectivity index (χ2v) is 16.3. The number of phenols is 1. The predicted octanol–water partition coefficient (Wildman–Crippen LogP) is 2.19. The van der Waals surface area contributed by atoms with Gasteiger partial charge in [0, 0.05) is 50.9 Å². The Morgan fingerprint density at radius 3 is 2.43 bits per heavy atom. The number of Topliss-reactive ketones (excluding diaryl/α,β-unsaturated/α-hetero) is 1. The summed E-state index contributed by atoms with van der Waals surface area (Å²) >= 11 is 0. The number of cyclic esters (lactones) is 1. The van der Waals surface area contributed by atoms with Crippen LogP contribution in [-0.2, 0) is 44.7 Å². The zero-order valence-corrected chi connectivity index (χ0v) is 35.8. The Morgan fingerprint density at radius 2 is 1.74 bits per heavy atom. The summed E-state index contributed by atoms with van der Waals surface area (Å²) in [5.41, 5.74) is 4.17. The van der Waals surface area contributed by atoms with Gasteiger partial charge in [0.15, 0.2) is 0 Å². The number of morpholine rings is 1. The quantitative estimate of drug-likeness (QED) is 0.120. The van der Waals surface area contributed by atoms with Crippen LogP contribution in [0.2, 0.25) is 0 Å². The molecule has 6 N–H and O–H groups in total. The third kappa shape index (κ3) is 14.8. The molecular formula is C45H63N5O11. The van der Waals surface area contributed by atoms with Crippen molar-refractivity contribution in [1.29, 1.82) is 0 Å². The largest absolute Gasteiger partial charge is 0.508 e. The standard InChI is InChI=1S/C45H63N5O11/c1-28(2)40-43(57)46-36(27-32-13-10-14-33(52)26-32)44(58)50-21-11-15-35(48-50)45(59)61-38(29(3)12-9-18-39(54)49-22-24-60-25-23-49)17-8-6-7-16-37(53)31(5)41(55)34(42(56)47-40)20-19-30(4)51/h6-10,12-14,16,18,26,28,31,34-38,40-41,48,52-53,55H,11,15,17,19-25,27H2,1-5H3,(H,46,57)(H,47,56)/t31-,34+,35?,36-,37-,38-,40-,41+/m0/s1. The summed E-state index contributed by atoms with van der Waals surface area (Å²) in [7, 11) is 0. The first-order valence-corrected chi connectivity index (χ1v) is 21.1. The number of carbonyl (C=O) groups excluding carboxylic acids is 6. The maximum Gasteiger partial charge on any atom is 0.325 e. The Morgan fingerprint density at radius 1 is 1.00 bits per heavy atom. The molecule has 0 saturated carbocycles. The molecule has 8 atom stereocenters. The van der Waals surface area contributed by atoms with Gasteiger partial charge in [-0.25, -0.2) is 5.43 Å². The van der Waals surface area contributed by atoms with E-state index in [2.05, 4.69) is 16.1 Å². The van der Waals surface area contributed by atoms with Crippen LogP contribution in [0.15, 0.2) is 72.4 Å². The normalized spacial score (nSPS) is 28.2. The van der Waals surface area contributed by atoms with Gasteiger partial charge in [0.25, 0.3) is 5.91 Å². The lowest BCUT2D eigenvalue weighted by Crippen LogP contribution is -2.62. The van der Waals surface area contributed by atoms with E-state index in [1.54, 1.807) is 75.1 Å². The topological polar surface area (TPSA) is 224 Å². The summed E-state index contributed by atoms with van der Waals surface area (Å²) in [5.74, 6) is -5.55. The van der Waals surface area contributed by atoms with Crippen LogP contribution >= 0.6 is 0 Å². The molecule has 3 aliphatic rings. The lowest BCUT2D eigenvalue weighted by Gasteiger charge is -2.36. The number of allylic oxidation sites excluding steroid dienone is 4. The molecule has 61 heavy (non-hydrogen) atoms. The fourth-order valence-electron chi connectivity index (χ4n) is 7.33. The Bertz CT molecular complexity index is 1820. The smallest absolute Gasteiger partial charge is 0.325 e. The minimum Gasteiger partial charge on any atom is -0.508 e. The van der Waals surface area contributed by atoms with Crippen molar-refractivity contribution >= 4 is 35.4 Å². The summed E-state index contributed by atoms with van der Waals surface area (Å²) in [4.78, 5) is 82.6. The van der Waals surface area contributed by atoms with E-state index in [-0.39, 0.29) is 49.7 Å². The van der Waals surface area contributed by atoms with Gasteiger partial charge in [0.1, 0.15) is 35.8 Å². The summed E-state index contributed by atoms with van der Waals surface area (Å²) in [5, 5.41) is 39.6. The van der Waals surface area contributed by atoms with Gasteiger partial charge in [-0.05, 0) is 62.3 Å². The highest BCUT2D eigenvalue weighted by Crippen LogP contribution is 2.24. The second kappa shape index (κ2) is 23.7. The van der Waals surface area contributed by atoms with Crippen LogP contribution in [0.3, 0.4) is 0 Å². The molecule has 2 fully saturated rings. The number of aliphatic hydroxyl groups excluding tert-OH is 2. The third-order valence-electron chi connectivity index (χ3n) is 11.2. The van der Waals surface area contributed by atoms with E-state index in [9.17, 15) is 44.1 Å². The van der Waals surface area contributed by atoms with Crippen LogP contribution in [0, 0.1) is 17.8 Å². The number of rotatable bonds is 9. The number of benzene rings is 1. The summed E-state index contributed by atoms with van der Waals surface area (Å²) < 4.78 is 11.4. The van der Waals surface area contributed by atoms with Crippen molar-refractivity contribution in [2.45, 2.75) is 110 Å². The van der Waals surface area contributed by atoms with Crippen molar-refractivity contribution in [3.05, 3.63) is 77.9 Å². The first-order valence-electron chi connectivity index (χ1n) is 21.1. The van der Waals surface area contributed by atoms with Gasteiger partial charge < -0.3 is 45.1 Å². The number of nitrogens with one attached hydrogen (secondary N) is 3. The molecule has 0 aromatic heterocycles. The van der Waals surface area contributed by atoms with Crippen molar-refractivity contribution in [1.82, 2.24) is 26.0 Å². The first-order chi connectivity index (χ1) is 29.0. The van der Waals surface area contributed by atoms with Gasteiger partial charge in [-0.2, -0.15) is 0 Å². The average Bonchev–Trinajstić information content (AvgIpc) is 3.23. The molecular weight excluding hydrogens is 787 g/mol. The number of hydrazine groups is 1. The zero-order chi connectivity index (χ0) is 44.6. The molecule has 3 heterocycles. The zero-order valence-electron chi connectivity index (χ0n) is 35.8. The lowest BCUT2D eigenvalue weighted by molar-refractivity contribution is -0.156. The highest BCUT2D eigenvalue weighted by molar-refractivity contribution is 5.93. The number of aromatic hydroxyl groups is 1. The van der Waals surface area contributed by atoms with E-state index in [0.29, 0.717) is 50.3 Å². The van der Waals surface area contributed by atoms with Crippen molar-refractivity contribution in [3.63, 3.8) is 0 Å². The number of esters is 1. The van der Waals surface area contributed by atoms with E-state index >= 15 is 0 Å². The molecule has 2 bridgehead atoms. The van der Waals surface area contributed by atoms with Gasteiger partial charge in [-0.3, -0.25) is 29.0 Å². The minimum absolute atomic E-state index is 0.0288. The molecule has 3 aliphatic heterocycles. The number of phenolic OH excluding ortho intramolecular Hbond substituents is 1. The Hall–Kier alpha value is -5.16. The maximum atomic E-state index is 14.3. The molecule has 1 unspecified atom stereocenters. The molecule has 16 nitrogen and oxygen atoms in total. The number of fused-ring (bicyclic) bond motifs is 2. The summed E-state index contributed by atoms with van der Waals surface area (Å²) in [6.07, 6.45) is 8.58. The van der Waals surface area contributed by atoms with Gasteiger partial charge in [0.2, 0.25) is 17.7 Å². The molecule has 1 aromatic rings. The number of hydrogen-bond acceptors (Lipinski definition) is 12. The monoisotopic (exact) mass is 849 g/mol. The van der Waals surface area contributed by atoms with E-state index in [0.717, 1.165) is 0 Å². The van der Waals surface area contributed by atoms with E-state index in [1.807, 2.05) is 0 Å². The molecule has 0 radical (unpaired) electrons. The maximum absolute atomic E-state index is 14.3. The second-order valence-electron chi connectivity index (χ2n) is 16.3. The fourth-order valence-corrected chi connectivity index (χ4v) is 7.33. The molecule has 0 spiro atoms. The van der Waals surface area contributed by atoms with Crippen LogP contribution in [0.1, 0.15) is 72.3 Å². The van der Waals surface area contributed by atoms with Gasteiger partial charge in [0.05, 0.1) is 31.3 Å². The highest BCUT2D eigenvalue weighted by atomic mass is 16.5. The Labute approximate surface area is 358 Å². The summed E-state index contributed by atoms with van der Waals surface area (Å²) in [6, 6.07) is 2.91. The number of carbonyl (C=O) groups is 6. The van der Waals surface area contributed by atoms with E-state index < -0.39 is 77.9 Å². The predicted molar refractivity (Wildman–Crippen MR) is 226 cm³/mol. The molecule has 334 valence electrons. The van der Waals surface area contributed by atoms with Crippen LogP contribution in [0.4, 0.5) is 0 Å². The molecule has 4 rings (SSSR count). The number of ether oxygens (including phenoxy) is 2. The highest BCUT2D eigenvalue weighted by Gasteiger charge is 2.38. The van der Waals surface area contributed by atoms with E-state index in [4.69, 9.17) is 9.47 Å². The van der Waals surface area contributed by atoms with Crippen LogP contribution in [0.5, 0.6) is 5.75 Å². The number of aliphatic hydroxyl groups is 2. The summed E-state index contributed by atoms with van der Waals surface area (Å²) in [6.45, 7) is 10.2. The van der Waals surface area contributed by atoms with Gasteiger partial charge >= 0.3 is 5.97 Å². The van der Waals surface area contributed by atoms with Crippen molar-refractivity contribution in [2.24, 2.45) is 17.8 Å². The third-order valence-corrected chi connectivity index (χ3v) is 11.2. The number of ketones is 1. The minimum atomic E-state index is -1.42. The number of nitrogens with zero attached hydrogens (tertiary/aromatic N) is 2. The Kier molecular flexibility index (Phi) is 18.9. The van der Waals surface area contributed by atoms with Crippen LogP contribution in [0.25, 0.3) is 0 Å². The first kappa shape index (κ1) is 48.5. The SMILES string of the molecule is CC(=O)CC[C@H]1C(=O)N[C@@H](C(C)C)C(=O)N[C@@H](Cc2cccc(O)c2)C(=O)N2CCCC(N2)C(=O)O[C@H](C(C)=CC=CC(=O)N2CCOCC2)CC=CC=C[C@H](O)[C@H](C)[C@H]1O. The average molecular weight is 850 g/mol. The molecule has 4 amide bonds. The van der Waals surface area contributed by atoms with Crippen molar-refractivity contribution in [3.8, 4) is 5.75 Å². The number of amides is 4. The lowest BCUT2D eigenvalue weighted by atomic mass is 9.84. The number of hydrogen-bond donors (Lipinski definition) is 6. The molecule has 1 aromatic carbocycles. The molecule has 0 aliphatic carbocycles. The van der Waals surface area contributed by atoms with Crippen LogP contribution < -0.4 is 16.1 Å². The van der Waals surface area contributed by atoms with E-state index in [1.165, 1.54) is 36.2 Å². The molecule has 2 saturated heterocycles. The van der Waals surface area contributed by atoms with Crippen LogP contribution in [-0.4, -0.2) is 130 Å². The van der Waals surface area contributed by atoms with Crippen molar-refractivity contribution < 1.29 is 53.6 Å². The van der Waals surface area contributed by atoms with Gasteiger partial charge in [-0.1, -0.05) is 69.4 Å². The fraction of sp³-hybridized carbons (Fsp3) is 0.556. The Balaban J connectivity index is 1.70. The van der Waals surface area contributed by atoms with Crippen molar-refractivity contribution in [2.75, 3.05) is 32.8 Å². The molecule has 16 heteroatoms.